The summed E-state index contributed by atoms with van der Waals surface area (Å²) in [7, 11) is 9.87. The SMILES string of the molecule is CC1=[C-]CC=C1.[C-]1=Cc2ccccc2C1n1ccnc1.[Cl][Zr+2][Cl]. The Morgan fingerprint density at radius 3 is 2.65 bits per heavy atom. The van der Waals surface area contributed by atoms with Crippen LogP contribution in [0.4, 0.5) is 0 Å². The molecule has 2 aromatic rings. The van der Waals surface area contributed by atoms with E-state index in [1.54, 1.807) is 6.20 Å². The van der Waals surface area contributed by atoms with E-state index in [9.17, 15) is 0 Å². The van der Waals surface area contributed by atoms with Gasteiger partial charge < -0.3 is 4.57 Å². The molecule has 0 spiro atoms. The van der Waals surface area contributed by atoms with Gasteiger partial charge in [0, 0.05) is 12.4 Å². The Kier molecular flexibility index (Phi) is 8.08. The fourth-order valence-electron chi connectivity index (χ4n) is 2.33. The first-order valence-electron chi connectivity index (χ1n) is 7.12. The van der Waals surface area contributed by atoms with Crippen molar-refractivity contribution in [1.29, 1.82) is 0 Å². The summed E-state index contributed by atoms with van der Waals surface area (Å²) in [5, 5.41) is 0. The van der Waals surface area contributed by atoms with Crippen molar-refractivity contribution in [3.05, 3.63) is 84.0 Å². The van der Waals surface area contributed by atoms with E-state index in [0.29, 0.717) is 0 Å². The van der Waals surface area contributed by atoms with E-state index in [2.05, 4.69) is 59.0 Å². The van der Waals surface area contributed by atoms with Crippen LogP contribution in [0, 0.1) is 12.2 Å². The summed E-state index contributed by atoms with van der Waals surface area (Å²) < 4.78 is 2.06. The predicted octanol–water partition coefficient (Wildman–Crippen LogP) is 5.37. The van der Waals surface area contributed by atoms with Gasteiger partial charge in [-0.05, 0) is 6.04 Å². The summed E-state index contributed by atoms with van der Waals surface area (Å²) in [6.45, 7) is 2.06. The number of hydrogen-bond acceptors (Lipinski definition) is 1. The summed E-state index contributed by atoms with van der Waals surface area (Å²) >= 11 is -0.826. The zero-order valence-electron chi connectivity index (χ0n) is 12.7. The van der Waals surface area contributed by atoms with E-state index >= 15 is 0 Å². The average Bonchev–Trinajstić information content (AvgIpc) is 3.29. The molecule has 1 aromatic carbocycles. The molecule has 2 nitrogen and oxygen atoms in total. The van der Waals surface area contributed by atoms with Crippen LogP contribution in [-0.4, -0.2) is 9.55 Å². The van der Waals surface area contributed by atoms with Gasteiger partial charge in [0.25, 0.3) is 0 Å². The van der Waals surface area contributed by atoms with Gasteiger partial charge in [0.1, 0.15) is 0 Å². The van der Waals surface area contributed by atoms with E-state index < -0.39 is 20.8 Å². The normalized spacial score (nSPS) is 16.5. The van der Waals surface area contributed by atoms with Crippen molar-refractivity contribution in [3.63, 3.8) is 0 Å². The monoisotopic (exact) mass is 420 g/mol. The number of fused-ring (bicyclic) bond motifs is 1. The summed E-state index contributed by atoms with van der Waals surface area (Å²) in [5.41, 5.74) is 3.83. The van der Waals surface area contributed by atoms with Crippen LogP contribution in [0.25, 0.3) is 6.08 Å². The van der Waals surface area contributed by atoms with Gasteiger partial charge in [-0.2, -0.15) is 11.6 Å². The van der Waals surface area contributed by atoms with Crippen molar-refractivity contribution in [3.8, 4) is 0 Å². The summed E-state index contributed by atoms with van der Waals surface area (Å²) in [6.07, 6.45) is 19.3. The second kappa shape index (κ2) is 10.1. The molecular weight excluding hydrogens is 406 g/mol. The summed E-state index contributed by atoms with van der Waals surface area (Å²) in [6, 6.07) is 8.56. The fraction of sp³-hybridized carbons (Fsp3) is 0.167. The number of nitrogens with zero attached hydrogens (tertiary/aromatic N) is 2. The molecule has 0 saturated heterocycles. The molecular formula is C18H16Cl2N2Zr. The molecule has 2 aliphatic rings. The Bertz CT molecular complexity index is 688. The first-order valence-corrected chi connectivity index (χ1v) is 13.4. The molecule has 4 rings (SSSR count). The Balaban J connectivity index is 0.000000178. The molecule has 0 N–H and O–H groups in total. The Hall–Kier alpha value is -0.887. The zero-order chi connectivity index (χ0) is 16.5. The van der Waals surface area contributed by atoms with Crippen LogP contribution in [0.3, 0.4) is 0 Å². The molecule has 0 radical (unpaired) electrons. The van der Waals surface area contributed by atoms with Crippen molar-refractivity contribution < 1.29 is 20.8 Å². The molecule has 5 heteroatoms. The average molecular weight is 422 g/mol. The number of hydrogen-bond donors (Lipinski definition) is 0. The van der Waals surface area contributed by atoms with Crippen molar-refractivity contribution in [2.24, 2.45) is 0 Å². The minimum atomic E-state index is -0.826. The zero-order valence-corrected chi connectivity index (χ0v) is 16.7. The van der Waals surface area contributed by atoms with Gasteiger partial charge in [0.2, 0.25) is 0 Å². The third-order valence-electron chi connectivity index (χ3n) is 3.38. The number of imidazole rings is 1. The van der Waals surface area contributed by atoms with Crippen LogP contribution >= 0.6 is 17.0 Å². The molecule has 1 atom stereocenters. The molecule has 116 valence electrons. The second-order valence-electron chi connectivity index (χ2n) is 4.89. The topological polar surface area (TPSA) is 17.8 Å². The molecule has 2 aliphatic carbocycles. The molecule has 1 heterocycles. The third kappa shape index (κ3) is 5.60. The third-order valence-corrected chi connectivity index (χ3v) is 3.38. The molecule has 0 aliphatic heterocycles. The van der Waals surface area contributed by atoms with Crippen molar-refractivity contribution in [2.45, 2.75) is 19.4 Å². The van der Waals surface area contributed by atoms with E-state index in [1.807, 2.05) is 24.7 Å². The number of allylic oxidation sites excluding steroid dienone is 5. The predicted molar refractivity (Wildman–Crippen MR) is 92.4 cm³/mol. The maximum atomic E-state index is 4.93. The molecule has 1 unspecified atom stereocenters. The van der Waals surface area contributed by atoms with E-state index in [0.717, 1.165) is 6.42 Å². The van der Waals surface area contributed by atoms with Gasteiger partial charge in [0.15, 0.2) is 0 Å². The van der Waals surface area contributed by atoms with Crippen LogP contribution in [-0.2, 0) is 20.8 Å². The summed E-state index contributed by atoms with van der Waals surface area (Å²) in [5.74, 6) is 0. The Labute approximate surface area is 156 Å². The maximum absolute atomic E-state index is 4.93. The van der Waals surface area contributed by atoms with Gasteiger partial charge in [0.05, 0.1) is 6.33 Å². The van der Waals surface area contributed by atoms with Crippen molar-refractivity contribution in [2.75, 3.05) is 0 Å². The summed E-state index contributed by atoms with van der Waals surface area (Å²) in [4.78, 5) is 4.05. The standard InChI is InChI=1S/C12H9N2.C6H7.2ClH.Zr/c1-2-4-11-10(3-1)5-6-12(11)14-8-7-13-9-14;1-6-4-2-3-5-6;;;/h1-5,7-9,12H;2,4H,3H2,1H3;2*1H;/q2*-1;;;+4/p-2. The molecule has 1 aromatic heterocycles. The van der Waals surface area contributed by atoms with Gasteiger partial charge >= 0.3 is 37.9 Å². The van der Waals surface area contributed by atoms with Crippen LogP contribution < -0.4 is 0 Å². The number of benzene rings is 1. The van der Waals surface area contributed by atoms with Gasteiger partial charge in [-0.3, -0.25) is 6.08 Å². The number of halogens is 2. The molecule has 0 fully saturated rings. The van der Waals surface area contributed by atoms with Gasteiger partial charge in [-0.15, -0.1) is 18.1 Å². The second-order valence-corrected chi connectivity index (χ2v) is 8.62. The number of aromatic nitrogens is 2. The molecule has 0 bridgehead atoms. The van der Waals surface area contributed by atoms with Crippen LogP contribution in [0.15, 0.2) is 60.7 Å². The van der Waals surface area contributed by atoms with Crippen molar-refractivity contribution >= 4 is 23.1 Å². The first kappa shape index (κ1) is 18.5. The van der Waals surface area contributed by atoms with Crippen LogP contribution in [0.2, 0.25) is 0 Å². The van der Waals surface area contributed by atoms with Crippen molar-refractivity contribution in [1.82, 2.24) is 9.55 Å². The Morgan fingerprint density at radius 1 is 1.30 bits per heavy atom. The van der Waals surface area contributed by atoms with E-state index in [-0.39, 0.29) is 6.04 Å². The number of rotatable bonds is 1. The van der Waals surface area contributed by atoms with Crippen LogP contribution in [0.5, 0.6) is 0 Å². The fourth-order valence-corrected chi connectivity index (χ4v) is 2.33. The first-order chi connectivity index (χ1) is 11.3. The molecule has 0 amide bonds. The molecule has 23 heavy (non-hydrogen) atoms. The van der Waals surface area contributed by atoms with E-state index in [1.165, 1.54) is 16.7 Å². The quantitative estimate of drug-likeness (QED) is 0.565. The van der Waals surface area contributed by atoms with Gasteiger partial charge in [-0.1, -0.05) is 25.1 Å². The molecule has 0 saturated carbocycles. The van der Waals surface area contributed by atoms with Crippen LogP contribution in [0.1, 0.15) is 30.5 Å². The van der Waals surface area contributed by atoms with Gasteiger partial charge in [-0.25, -0.2) is 28.8 Å². The van der Waals surface area contributed by atoms with E-state index in [4.69, 9.17) is 17.0 Å². The minimum absolute atomic E-state index is 0.202. The Morgan fingerprint density at radius 2 is 2.09 bits per heavy atom.